The molecule has 0 spiro atoms. The minimum Gasteiger partial charge on any atom is -0.482 e. The number of imidazole rings is 1. The Hall–Kier alpha value is -3.33. The fourth-order valence-electron chi connectivity index (χ4n) is 2.67. The number of amides is 1. The van der Waals surface area contributed by atoms with E-state index in [-0.39, 0.29) is 12.5 Å². The average Bonchev–Trinajstić information content (AvgIpc) is 3.02. The average molecular weight is 334 g/mol. The number of hydrogen-bond acceptors (Lipinski definition) is 4. The molecule has 126 valence electrons. The number of ether oxygens (including phenoxy) is 1. The van der Waals surface area contributed by atoms with E-state index < -0.39 is 0 Å². The monoisotopic (exact) mass is 334 g/mol. The van der Waals surface area contributed by atoms with Crippen molar-refractivity contribution in [1.82, 2.24) is 14.9 Å². The van der Waals surface area contributed by atoms with Gasteiger partial charge in [-0.3, -0.25) is 4.79 Å². The van der Waals surface area contributed by atoms with Crippen LogP contribution in [0.1, 0.15) is 18.3 Å². The van der Waals surface area contributed by atoms with Gasteiger partial charge in [0, 0.05) is 6.54 Å². The summed E-state index contributed by atoms with van der Waals surface area (Å²) < 4.78 is 7.50. The molecule has 1 heterocycles. The maximum absolute atomic E-state index is 12.0. The molecule has 25 heavy (non-hydrogen) atoms. The molecule has 0 aliphatic carbocycles. The van der Waals surface area contributed by atoms with Gasteiger partial charge in [-0.2, -0.15) is 5.26 Å². The molecule has 1 N–H and O–H groups in total. The Morgan fingerprint density at radius 3 is 2.80 bits per heavy atom. The minimum atomic E-state index is -0.262. The van der Waals surface area contributed by atoms with Gasteiger partial charge in [0.05, 0.1) is 23.1 Å². The number of nitriles is 1. The molecule has 0 saturated heterocycles. The van der Waals surface area contributed by atoms with E-state index in [4.69, 9.17) is 10.00 Å². The van der Waals surface area contributed by atoms with Gasteiger partial charge in [0.1, 0.15) is 17.6 Å². The van der Waals surface area contributed by atoms with Crippen LogP contribution in [0, 0.1) is 11.3 Å². The Morgan fingerprint density at radius 2 is 2.00 bits per heavy atom. The van der Waals surface area contributed by atoms with Gasteiger partial charge in [-0.1, -0.05) is 24.3 Å². The zero-order valence-electron chi connectivity index (χ0n) is 13.9. The molecule has 3 aromatic rings. The molecule has 0 radical (unpaired) electrons. The van der Waals surface area contributed by atoms with Gasteiger partial charge in [-0.25, -0.2) is 4.98 Å². The summed E-state index contributed by atoms with van der Waals surface area (Å²) in [7, 11) is 0. The Kier molecular flexibility index (Phi) is 4.95. The molecule has 3 rings (SSSR count). The zero-order chi connectivity index (χ0) is 17.6. The molecule has 0 unspecified atom stereocenters. The van der Waals surface area contributed by atoms with Crippen LogP contribution in [0.15, 0.2) is 48.5 Å². The van der Waals surface area contributed by atoms with Crippen molar-refractivity contribution in [2.45, 2.75) is 20.0 Å². The number of para-hydroxylation sites is 3. The first-order valence-corrected chi connectivity index (χ1v) is 8.05. The number of carbonyl (C=O) groups excluding carboxylic acids is 1. The SMILES string of the molecule is CCn1c(CNC(=O)COc2ccccc2C#N)nc2ccccc21. The molecule has 6 nitrogen and oxygen atoms in total. The Morgan fingerprint density at radius 1 is 1.24 bits per heavy atom. The van der Waals surface area contributed by atoms with Crippen molar-refractivity contribution in [1.29, 1.82) is 5.26 Å². The molecular formula is C19H18N4O2. The summed E-state index contributed by atoms with van der Waals surface area (Å²) in [4.78, 5) is 16.6. The van der Waals surface area contributed by atoms with Gasteiger partial charge >= 0.3 is 0 Å². The van der Waals surface area contributed by atoms with Gasteiger partial charge in [0.2, 0.25) is 0 Å². The highest BCUT2D eigenvalue weighted by atomic mass is 16.5. The first kappa shape index (κ1) is 16.5. The number of benzene rings is 2. The fraction of sp³-hybridized carbons (Fsp3) is 0.211. The number of nitrogens with one attached hydrogen (secondary N) is 1. The third-order valence-corrected chi connectivity index (χ3v) is 3.86. The lowest BCUT2D eigenvalue weighted by molar-refractivity contribution is -0.123. The highest BCUT2D eigenvalue weighted by Crippen LogP contribution is 2.17. The largest absolute Gasteiger partial charge is 0.482 e. The van der Waals surface area contributed by atoms with Crippen LogP contribution in [0.4, 0.5) is 0 Å². The van der Waals surface area contributed by atoms with Gasteiger partial charge in [0.15, 0.2) is 6.61 Å². The third kappa shape index (κ3) is 3.61. The van der Waals surface area contributed by atoms with Crippen molar-refractivity contribution in [3.8, 4) is 11.8 Å². The van der Waals surface area contributed by atoms with E-state index in [1.165, 1.54) is 0 Å². The lowest BCUT2D eigenvalue weighted by atomic mass is 10.2. The van der Waals surface area contributed by atoms with Crippen LogP contribution in [-0.4, -0.2) is 22.1 Å². The topological polar surface area (TPSA) is 79.9 Å². The van der Waals surface area contributed by atoms with Crippen molar-refractivity contribution < 1.29 is 9.53 Å². The quantitative estimate of drug-likeness (QED) is 0.751. The maximum atomic E-state index is 12.0. The summed E-state index contributed by atoms with van der Waals surface area (Å²) in [6.45, 7) is 2.99. The van der Waals surface area contributed by atoms with Crippen molar-refractivity contribution in [3.05, 3.63) is 59.9 Å². The van der Waals surface area contributed by atoms with Crippen molar-refractivity contribution in [3.63, 3.8) is 0 Å². The number of hydrogen-bond donors (Lipinski definition) is 1. The number of rotatable bonds is 6. The van der Waals surface area contributed by atoms with Gasteiger partial charge in [-0.15, -0.1) is 0 Å². The first-order chi connectivity index (χ1) is 12.2. The van der Waals surface area contributed by atoms with E-state index in [0.29, 0.717) is 17.9 Å². The Labute approximate surface area is 145 Å². The predicted molar refractivity (Wildman–Crippen MR) is 93.9 cm³/mol. The Bertz CT molecular complexity index is 940. The third-order valence-electron chi connectivity index (χ3n) is 3.86. The summed E-state index contributed by atoms with van der Waals surface area (Å²) in [6, 6.07) is 16.7. The summed E-state index contributed by atoms with van der Waals surface area (Å²) >= 11 is 0. The van der Waals surface area contributed by atoms with E-state index in [0.717, 1.165) is 23.4 Å². The number of nitrogens with zero attached hydrogens (tertiary/aromatic N) is 3. The molecule has 2 aromatic carbocycles. The normalized spacial score (nSPS) is 10.4. The second kappa shape index (κ2) is 7.49. The summed E-state index contributed by atoms with van der Waals surface area (Å²) in [5, 5.41) is 11.8. The molecule has 0 saturated carbocycles. The molecule has 6 heteroatoms. The van der Waals surface area contributed by atoms with E-state index >= 15 is 0 Å². The molecular weight excluding hydrogens is 316 g/mol. The Balaban J connectivity index is 1.62. The molecule has 0 aliphatic rings. The highest BCUT2D eigenvalue weighted by Gasteiger charge is 2.11. The molecule has 0 fully saturated rings. The number of carbonyl (C=O) groups is 1. The van der Waals surface area contributed by atoms with Crippen molar-refractivity contribution >= 4 is 16.9 Å². The van der Waals surface area contributed by atoms with E-state index in [9.17, 15) is 4.79 Å². The smallest absolute Gasteiger partial charge is 0.258 e. The van der Waals surface area contributed by atoms with Crippen LogP contribution in [0.25, 0.3) is 11.0 Å². The van der Waals surface area contributed by atoms with E-state index in [1.54, 1.807) is 24.3 Å². The lowest BCUT2D eigenvalue weighted by Gasteiger charge is -2.09. The van der Waals surface area contributed by atoms with Crippen LogP contribution in [-0.2, 0) is 17.9 Å². The predicted octanol–water partition coefficient (Wildman–Crippen LogP) is 2.62. The van der Waals surface area contributed by atoms with Crippen molar-refractivity contribution in [2.24, 2.45) is 0 Å². The van der Waals surface area contributed by atoms with Crippen LogP contribution in [0.5, 0.6) is 5.75 Å². The summed E-state index contributed by atoms with van der Waals surface area (Å²) in [5.74, 6) is 0.942. The summed E-state index contributed by atoms with van der Waals surface area (Å²) in [5.41, 5.74) is 2.37. The van der Waals surface area contributed by atoms with Crippen LogP contribution < -0.4 is 10.1 Å². The molecule has 0 bridgehead atoms. The van der Waals surface area contributed by atoms with Gasteiger partial charge in [-0.05, 0) is 31.2 Å². The maximum Gasteiger partial charge on any atom is 0.258 e. The minimum absolute atomic E-state index is 0.148. The number of fused-ring (bicyclic) bond motifs is 1. The van der Waals surface area contributed by atoms with Crippen molar-refractivity contribution in [2.75, 3.05) is 6.61 Å². The van der Waals surface area contributed by atoms with Gasteiger partial charge < -0.3 is 14.6 Å². The second-order valence-corrected chi connectivity index (χ2v) is 5.43. The second-order valence-electron chi connectivity index (χ2n) is 5.43. The molecule has 0 aliphatic heterocycles. The van der Waals surface area contributed by atoms with Crippen LogP contribution >= 0.6 is 0 Å². The standard InChI is InChI=1S/C19H18N4O2/c1-2-23-16-9-5-4-8-15(16)22-18(23)12-21-19(24)13-25-17-10-6-3-7-14(17)11-20/h3-10H,2,12-13H2,1H3,(H,21,24). The van der Waals surface area contributed by atoms with Gasteiger partial charge in [0.25, 0.3) is 5.91 Å². The molecule has 1 aromatic heterocycles. The van der Waals surface area contributed by atoms with E-state index in [2.05, 4.69) is 14.9 Å². The van der Waals surface area contributed by atoms with E-state index in [1.807, 2.05) is 37.3 Å². The lowest BCUT2D eigenvalue weighted by Crippen LogP contribution is -2.29. The van der Waals surface area contributed by atoms with Crippen LogP contribution in [0.2, 0.25) is 0 Å². The zero-order valence-corrected chi connectivity index (χ0v) is 13.9. The molecule has 1 amide bonds. The first-order valence-electron chi connectivity index (χ1n) is 8.05. The number of aryl methyl sites for hydroxylation is 1. The number of aromatic nitrogens is 2. The highest BCUT2D eigenvalue weighted by molar-refractivity contribution is 5.78. The summed E-state index contributed by atoms with van der Waals surface area (Å²) in [6.07, 6.45) is 0. The molecule has 0 atom stereocenters. The van der Waals surface area contributed by atoms with Crippen LogP contribution in [0.3, 0.4) is 0 Å². The fourth-order valence-corrected chi connectivity index (χ4v) is 2.67.